The van der Waals surface area contributed by atoms with Gasteiger partial charge < -0.3 is 14.6 Å². The van der Waals surface area contributed by atoms with Crippen molar-refractivity contribution in [1.29, 1.82) is 0 Å². The van der Waals surface area contributed by atoms with Crippen LogP contribution in [0.2, 0.25) is 0 Å². The van der Waals surface area contributed by atoms with Gasteiger partial charge in [0.2, 0.25) is 0 Å². The number of nitrogens with zero attached hydrogens (tertiary/aromatic N) is 1. The molecule has 0 saturated heterocycles. The first kappa shape index (κ1) is 24.2. The highest BCUT2D eigenvalue weighted by molar-refractivity contribution is 7.92. The maximum absolute atomic E-state index is 12.5. The second-order valence-corrected chi connectivity index (χ2v) is 9.18. The normalized spacial score (nSPS) is 11.0. The molecule has 3 aromatic rings. The van der Waals surface area contributed by atoms with Crippen molar-refractivity contribution in [3.05, 3.63) is 65.9 Å². The summed E-state index contributed by atoms with van der Waals surface area (Å²) in [6, 6.07) is 14.2. The Morgan fingerprint density at radius 3 is 2.58 bits per heavy atom. The number of thiocarbonyl (C=S) groups is 1. The Morgan fingerprint density at radius 2 is 1.91 bits per heavy atom. The number of rotatable bonds is 9. The highest BCUT2D eigenvalue weighted by atomic mass is 32.2. The highest BCUT2D eigenvalue weighted by Crippen LogP contribution is 2.18. The topological polar surface area (TPSA) is 123 Å². The predicted molar refractivity (Wildman–Crippen MR) is 129 cm³/mol. The number of nitrogens with one attached hydrogen (secondary N) is 3. The molecule has 0 aliphatic heterocycles. The molecule has 0 bridgehead atoms. The van der Waals surface area contributed by atoms with Crippen molar-refractivity contribution in [2.45, 2.75) is 31.6 Å². The molecule has 3 rings (SSSR count). The van der Waals surface area contributed by atoms with Crippen LogP contribution in [0.3, 0.4) is 0 Å². The monoisotopic (exact) mass is 488 g/mol. The zero-order valence-corrected chi connectivity index (χ0v) is 19.8. The van der Waals surface area contributed by atoms with Gasteiger partial charge in [-0.25, -0.2) is 8.42 Å². The summed E-state index contributed by atoms with van der Waals surface area (Å²) in [6.07, 6.45) is 1.95. The van der Waals surface area contributed by atoms with Crippen LogP contribution in [0.15, 0.2) is 64.0 Å². The van der Waals surface area contributed by atoms with E-state index >= 15 is 0 Å². The van der Waals surface area contributed by atoms with E-state index in [1.807, 2.05) is 0 Å². The number of ether oxygens (including phenoxy) is 1. The molecule has 0 saturated carbocycles. The Bertz CT molecular complexity index is 1220. The van der Waals surface area contributed by atoms with Crippen molar-refractivity contribution >= 4 is 44.8 Å². The van der Waals surface area contributed by atoms with Crippen molar-refractivity contribution in [3.63, 3.8) is 0 Å². The zero-order chi connectivity index (χ0) is 23.8. The van der Waals surface area contributed by atoms with Crippen LogP contribution >= 0.6 is 12.2 Å². The summed E-state index contributed by atoms with van der Waals surface area (Å²) in [5.41, 5.74) is 0.914. The number of anilines is 2. The molecule has 1 aromatic heterocycles. The Hall–Kier alpha value is -3.44. The molecule has 2 aromatic carbocycles. The van der Waals surface area contributed by atoms with Crippen molar-refractivity contribution in [1.82, 2.24) is 10.5 Å². The van der Waals surface area contributed by atoms with Gasteiger partial charge in [0.25, 0.3) is 15.9 Å². The van der Waals surface area contributed by atoms with Gasteiger partial charge in [0, 0.05) is 17.3 Å². The van der Waals surface area contributed by atoms with Crippen LogP contribution < -0.4 is 20.1 Å². The van der Waals surface area contributed by atoms with E-state index in [2.05, 4.69) is 27.4 Å². The fourth-order valence-corrected chi connectivity index (χ4v) is 3.92. The molecule has 3 N–H and O–H groups in total. The van der Waals surface area contributed by atoms with Gasteiger partial charge in [0.05, 0.1) is 11.5 Å². The standard InChI is InChI=1S/C22H24N4O5S2/c1-3-4-12-30-18-7-5-6-16(14-18)21(27)24-22(32)23-17-8-10-19(11-9-17)33(28,29)26-20-13-15(2)31-25-20/h5-11,13-14H,3-4,12H2,1-2H3,(H,25,26)(H2,23,24,27,32). The first-order valence-electron chi connectivity index (χ1n) is 10.2. The summed E-state index contributed by atoms with van der Waals surface area (Å²) >= 11 is 5.20. The Morgan fingerprint density at radius 1 is 1.15 bits per heavy atom. The van der Waals surface area contributed by atoms with Crippen molar-refractivity contribution in [2.75, 3.05) is 16.6 Å². The third-order valence-corrected chi connectivity index (χ3v) is 5.95. The minimum Gasteiger partial charge on any atom is -0.494 e. The summed E-state index contributed by atoms with van der Waals surface area (Å²) in [5, 5.41) is 9.14. The van der Waals surface area contributed by atoms with E-state index in [4.69, 9.17) is 21.5 Å². The lowest BCUT2D eigenvalue weighted by Gasteiger charge is -2.11. The van der Waals surface area contributed by atoms with Crippen LogP contribution in [-0.4, -0.2) is 31.2 Å². The summed E-state index contributed by atoms with van der Waals surface area (Å²) in [7, 11) is -3.83. The molecular formula is C22H24N4O5S2. The molecule has 1 amide bonds. The van der Waals surface area contributed by atoms with Gasteiger partial charge in [-0.2, -0.15) is 0 Å². The fraction of sp³-hybridized carbons (Fsp3) is 0.227. The van der Waals surface area contributed by atoms with Gasteiger partial charge in [0.1, 0.15) is 11.5 Å². The van der Waals surface area contributed by atoms with E-state index in [1.165, 1.54) is 30.3 Å². The van der Waals surface area contributed by atoms with Crippen LogP contribution in [-0.2, 0) is 10.0 Å². The number of benzene rings is 2. The van der Waals surface area contributed by atoms with E-state index in [9.17, 15) is 13.2 Å². The van der Waals surface area contributed by atoms with Gasteiger partial charge in [-0.05, 0) is 68.0 Å². The minimum atomic E-state index is -3.83. The lowest BCUT2D eigenvalue weighted by atomic mass is 10.2. The van der Waals surface area contributed by atoms with E-state index in [0.29, 0.717) is 29.4 Å². The Labute approximate surface area is 197 Å². The molecule has 33 heavy (non-hydrogen) atoms. The van der Waals surface area contributed by atoms with Crippen LogP contribution in [0.1, 0.15) is 35.9 Å². The number of unbranched alkanes of at least 4 members (excludes halogenated alkanes) is 1. The van der Waals surface area contributed by atoms with Gasteiger partial charge in [-0.15, -0.1) is 0 Å². The third kappa shape index (κ3) is 7.02. The first-order chi connectivity index (χ1) is 15.8. The van der Waals surface area contributed by atoms with Gasteiger partial charge in [0.15, 0.2) is 10.9 Å². The minimum absolute atomic E-state index is 0.0311. The van der Waals surface area contributed by atoms with E-state index < -0.39 is 10.0 Å². The van der Waals surface area contributed by atoms with Crippen molar-refractivity contribution in [3.8, 4) is 5.75 Å². The second kappa shape index (κ2) is 10.9. The summed E-state index contributed by atoms with van der Waals surface area (Å²) in [5.74, 6) is 0.804. The van der Waals surface area contributed by atoms with E-state index in [0.717, 1.165) is 12.8 Å². The molecule has 1 heterocycles. The fourth-order valence-electron chi connectivity index (χ4n) is 2.73. The van der Waals surface area contributed by atoms with Crippen LogP contribution in [0.5, 0.6) is 5.75 Å². The number of carbonyl (C=O) groups excluding carboxylic acids is 1. The molecule has 0 aliphatic carbocycles. The lowest BCUT2D eigenvalue weighted by Crippen LogP contribution is -2.34. The SMILES string of the molecule is CCCCOc1cccc(C(=O)NC(=S)Nc2ccc(S(=O)(=O)Nc3cc(C)on3)cc2)c1. The molecule has 11 heteroatoms. The molecule has 174 valence electrons. The molecule has 0 atom stereocenters. The van der Waals surface area contributed by atoms with E-state index in [1.54, 1.807) is 31.2 Å². The number of carbonyl (C=O) groups is 1. The lowest BCUT2D eigenvalue weighted by molar-refractivity contribution is 0.0977. The van der Waals surface area contributed by atoms with Gasteiger partial charge in [-0.3, -0.25) is 14.8 Å². The number of hydrogen-bond donors (Lipinski definition) is 3. The Balaban J connectivity index is 1.57. The number of sulfonamides is 1. The van der Waals surface area contributed by atoms with Crippen LogP contribution in [0.4, 0.5) is 11.5 Å². The largest absolute Gasteiger partial charge is 0.494 e. The molecule has 0 spiro atoms. The number of amides is 1. The molecule has 0 aliphatic rings. The maximum atomic E-state index is 12.5. The third-order valence-electron chi connectivity index (χ3n) is 4.38. The number of aromatic nitrogens is 1. The maximum Gasteiger partial charge on any atom is 0.263 e. The quantitative estimate of drug-likeness (QED) is 0.304. The van der Waals surface area contributed by atoms with Gasteiger partial charge in [-0.1, -0.05) is 24.6 Å². The van der Waals surface area contributed by atoms with Crippen molar-refractivity contribution < 1.29 is 22.5 Å². The molecule has 0 fully saturated rings. The summed E-state index contributed by atoms with van der Waals surface area (Å²) in [4.78, 5) is 12.5. The average Bonchev–Trinajstić information content (AvgIpc) is 3.18. The Kier molecular flexibility index (Phi) is 8.01. The van der Waals surface area contributed by atoms with Crippen LogP contribution in [0.25, 0.3) is 0 Å². The zero-order valence-electron chi connectivity index (χ0n) is 18.1. The predicted octanol–water partition coefficient (Wildman–Crippen LogP) is 4.09. The average molecular weight is 489 g/mol. The molecule has 9 nitrogen and oxygen atoms in total. The highest BCUT2D eigenvalue weighted by Gasteiger charge is 2.16. The number of aryl methyl sites for hydroxylation is 1. The van der Waals surface area contributed by atoms with Crippen LogP contribution in [0, 0.1) is 6.92 Å². The molecule has 0 radical (unpaired) electrons. The second-order valence-electron chi connectivity index (χ2n) is 7.09. The summed E-state index contributed by atoms with van der Waals surface area (Å²) in [6.45, 7) is 4.32. The first-order valence-corrected chi connectivity index (χ1v) is 12.1. The summed E-state index contributed by atoms with van der Waals surface area (Å²) < 4.78 is 37.7. The molecular weight excluding hydrogens is 464 g/mol. The van der Waals surface area contributed by atoms with E-state index in [-0.39, 0.29) is 21.7 Å². The smallest absolute Gasteiger partial charge is 0.263 e. The number of hydrogen-bond acceptors (Lipinski definition) is 7. The molecule has 0 unspecified atom stereocenters. The van der Waals surface area contributed by atoms with Crippen molar-refractivity contribution in [2.24, 2.45) is 0 Å². The van der Waals surface area contributed by atoms with Gasteiger partial charge >= 0.3 is 0 Å².